The third-order valence-corrected chi connectivity index (χ3v) is 5.75. The lowest BCUT2D eigenvalue weighted by Gasteiger charge is -2.16. The lowest BCUT2D eigenvalue weighted by atomic mass is 10.1. The molecule has 0 spiro atoms. The van der Waals surface area contributed by atoms with Crippen molar-refractivity contribution < 1.29 is 10.1 Å². The first-order valence-electron chi connectivity index (χ1n) is 8.35. The highest BCUT2D eigenvalue weighted by Gasteiger charge is 2.20. The van der Waals surface area contributed by atoms with Gasteiger partial charge in [0.25, 0.3) is 5.91 Å². The molecule has 1 amide bonds. The van der Waals surface area contributed by atoms with Gasteiger partial charge in [-0.2, -0.15) is 0 Å². The Morgan fingerprint density at radius 2 is 2.12 bits per heavy atom. The Kier molecular flexibility index (Phi) is 7.71. The zero-order valence-corrected chi connectivity index (χ0v) is 17.3. The Bertz CT molecular complexity index is 801. The average Bonchev–Trinajstić information content (AvgIpc) is 3.04. The van der Waals surface area contributed by atoms with Crippen LogP contribution in [-0.4, -0.2) is 31.8 Å². The van der Waals surface area contributed by atoms with Gasteiger partial charge in [0.2, 0.25) is 0 Å². The third kappa shape index (κ3) is 5.11. The first-order chi connectivity index (χ1) is 12.5. The fourth-order valence-electron chi connectivity index (χ4n) is 2.71. The number of thiophene rings is 1. The number of hydrogen-bond donors (Lipinski definition) is 4. The van der Waals surface area contributed by atoms with Gasteiger partial charge in [0, 0.05) is 23.7 Å². The molecule has 2 rings (SSSR count). The largest absolute Gasteiger partial charge is 0.347 e. The lowest BCUT2D eigenvalue weighted by Crippen LogP contribution is -2.76. The summed E-state index contributed by atoms with van der Waals surface area (Å²) in [4.78, 5) is 14.4. The van der Waals surface area contributed by atoms with Crippen LogP contribution in [0, 0.1) is 12.3 Å². The summed E-state index contributed by atoms with van der Waals surface area (Å²) >= 11 is 4.85. The van der Waals surface area contributed by atoms with E-state index >= 15 is 0 Å². The number of amides is 1. The highest BCUT2D eigenvalue weighted by atomic mass is 79.9. The third-order valence-electron chi connectivity index (χ3n) is 4.05. The molecule has 1 heterocycles. The van der Waals surface area contributed by atoms with Crippen LogP contribution in [0.2, 0.25) is 0 Å². The van der Waals surface area contributed by atoms with Crippen LogP contribution < -0.4 is 16.4 Å². The molecule has 1 aromatic heterocycles. The predicted molar refractivity (Wildman–Crippen MR) is 112 cm³/mol. The fourth-order valence-corrected chi connectivity index (χ4v) is 4.09. The number of hydrogen-bond acceptors (Lipinski definition) is 4. The second-order valence-corrected chi connectivity index (χ2v) is 7.98. The normalized spacial score (nSPS) is 13.1. The molecule has 0 radical (unpaired) electrons. The first-order valence-corrected chi connectivity index (χ1v) is 9.96. The van der Waals surface area contributed by atoms with Gasteiger partial charge < -0.3 is 21.8 Å². The van der Waals surface area contributed by atoms with Crippen molar-refractivity contribution in [3.05, 3.63) is 61.8 Å². The summed E-state index contributed by atoms with van der Waals surface area (Å²) in [6.07, 6.45) is 1.96. The van der Waals surface area contributed by atoms with Crippen molar-refractivity contribution in [2.75, 3.05) is 13.6 Å². The van der Waals surface area contributed by atoms with Crippen molar-refractivity contribution in [1.29, 1.82) is 5.41 Å². The monoisotopic (exact) mass is 435 g/mol. The second kappa shape index (κ2) is 9.78. The number of halogens is 1. The van der Waals surface area contributed by atoms with E-state index in [4.69, 9.17) is 11.1 Å². The highest BCUT2D eigenvalue weighted by molar-refractivity contribution is 9.12. The molecule has 138 valence electrons. The SMILES string of the molecule is C[NH2+]C(=C(Br)C=N)c1cc(C(=O)NC(CN)Cc2ccccc2)sc1C. The summed E-state index contributed by atoms with van der Waals surface area (Å²) in [6, 6.07) is 11.8. The molecule has 1 unspecified atom stereocenters. The number of aryl methyl sites for hydroxylation is 1. The van der Waals surface area contributed by atoms with E-state index in [-0.39, 0.29) is 11.9 Å². The van der Waals surface area contributed by atoms with Crippen LogP contribution in [0.3, 0.4) is 0 Å². The first kappa shape index (κ1) is 20.5. The molecule has 1 aromatic carbocycles. The number of allylic oxidation sites excluding steroid dienone is 1. The zero-order chi connectivity index (χ0) is 19.1. The standard InChI is InChI=1S/C19H23BrN4OS/c1-12-15(18(23-2)16(20)11-22)9-17(26-12)19(25)24-14(10-21)8-13-6-4-3-5-7-13/h3-7,9,11,14,22-23H,8,10,21H2,1-2H3,(H,24,25)/p+1. The summed E-state index contributed by atoms with van der Waals surface area (Å²) < 4.78 is 0.691. The van der Waals surface area contributed by atoms with Crippen LogP contribution in [0.25, 0.3) is 5.70 Å². The van der Waals surface area contributed by atoms with Crippen LogP contribution in [0.4, 0.5) is 0 Å². The molecule has 1 atom stereocenters. The quantitative estimate of drug-likeness (QED) is 0.478. The number of carbonyl (C=O) groups excluding carboxylic acids is 1. The van der Waals surface area contributed by atoms with Crippen molar-refractivity contribution in [1.82, 2.24) is 5.32 Å². The summed E-state index contributed by atoms with van der Waals surface area (Å²) in [6.45, 7) is 2.36. The van der Waals surface area contributed by atoms with Crippen molar-refractivity contribution in [3.8, 4) is 0 Å². The second-order valence-electron chi connectivity index (χ2n) is 5.87. The summed E-state index contributed by atoms with van der Waals surface area (Å²) in [5.41, 5.74) is 8.87. The number of quaternary nitrogens is 1. The highest BCUT2D eigenvalue weighted by Crippen LogP contribution is 2.27. The van der Waals surface area contributed by atoms with Gasteiger partial charge in [-0.05, 0) is 40.9 Å². The number of rotatable bonds is 8. The number of benzene rings is 1. The molecule has 0 aliphatic carbocycles. The molecule has 6 N–H and O–H groups in total. The van der Waals surface area contributed by atoms with E-state index in [1.807, 2.05) is 55.7 Å². The van der Waals surface area contributed by atoms with Crippen LogP contribution in [-0.2, 0) is 6.42 Å². The van der Waals surface area contributed by atoms with Gasteiger partial charge in [0.15, 0.2) is 5.70 Å². The minimum absolute atomic E-state index is 0.114. The number of nitrogens with one attached hydrogen (secondary N) is 2. The van der Waals surface area contributed by atoms with Gasteiger partial charge in [-0.25, -0.2) is 0 Å². The molecule has 0 bridgehead atoms. The lowest BCUT2D eigenvalue weighted by molar-refractivity contribution is -0.530. The molecule has 0 saturated carbocycles. The topological polar surface area (TPSA) is 95.6 Å². The van der Waals surface area contributed by atoms with Gasteiger partial charge in [0.1, 0.15) is 0 Å². The van der Waals surface area contributed by atoms with Gasteiger partial charge in [-0.1, -0.05) is 30.3 Å². The zero-order valence-electron chi connectivity index (χ0n) is 14.9. The average molecular weight is 436 g/mol. The minimum Gasteiger partial charge on any atom is -0.347 e. The summed E-state index contributed by atoms with van der Waals surface area (Å²) in [5, 5.41) is 12.4. The molecular formula is C19H24BrN4OS+. The smallest absolute Gasteiger partial charge is 0.261 e. The molecular weight excluding hydrogens is 412 g/mol. The van der Waals surface area contributed by atoms with Crippen molar-refractivity contribution in [2.45, 2.75) is 19.4 Å². The van der Waals surface area contributed by atoms with Crippen LogP contribution >= 0.6 is 27.3 Å². The van der Waals surface area contributed by atoms with E-state index in [0.717, 1.165) is 21.7 Å². The van der Waals surface area contributed by atoms with Gasteiger partial charge in [-0.15, -0.1) is 11.3 Å². The molecule has 0 aliphatic heterocycles. The van der Waals surface area contributed by atoms with Crippen molar-refractivity contribution in [3.63, 3.8) is 0 Å². The Morgan fingerprint density at radius 1 is 1.42 bits per heavy atom. The number of carbonyl (C=O) groups is 1. The maximum Gasteiger partial charge on any atom is 0.261 e. The molecule has 0 aliphatic rings. The molecule has 7 heteroatoms. The van der Waals surface area contributed by atoms with E-state index in [1.165, 1.54) is 17.6 Å². The van der Waals surface area contributed by atoms with E-state index in [0.29, 0.717) is 22.3 Å². The minimum atomic E-state index is -0.114. The van der Waals surface area contributed by atoms with Crippen LogP contribution in [0.15, 0.2) is 40.9 Å². The van der Waals surface area contributed by atoms with E-state index in [1.54, 1.807) is 0 Å². The Balaban J connectivity index is 2.17. The maximum atomic E-state index is 12.7. The van der Waals surface area contributed by atoms with Gasteiger partial charge in [0.05, 0.1) is 22.0 Å². The van der Waals surface area contributed by atoms with Crippen molar-refractivity contribution >= 4 is 45.1 Å². The summed E-state index contributed by atoms with van der Waals surface area (Å²) in [7, 11) is 1.92. The van der Waals surface area contributed by atoms with Crippen LogP contribution in [0.1, 0.15) is 25.7 Å². The Hall–Kier alpha value is -1.80. The molecule has 26 heavy (non-hydrogen) atoms. The fraction of sp³-hybridized carbons (Fsp3) is 0.263. The molecule has 0 saturated heterocycles. The van der Waals surface area contributed by atoms with Gasteiger partial charge in [-0.3, -0.25) is 4.79 Å². The molecule has 0 fully saturated rings. The van der Waals surface area contributed by atoms with Crippen molar-refractivity contribution in [2.24, 2.45) is 5.73 Å². The Morgan fingerprint density at radius 3 is 2.69 bits per heavy atom. The molecule has 2 aromatic rings. The summed E-state index contributed by atoms with van der Waals surface area (Å²) in [5.74, 6) is -0.114. The van der Waals surface area contributed by atoms with Gasteiger partial charge >= 0.3 is 0 Å². The maximum absolute atomic E-state index is 12.7. The Labute approximate surface area is 166 Å². The van der Waals surface area contributed by atoms with E-state index in [9.17, 15) is 4.79 Å². The van der Waals surface area contributed by atoms with E-state index < -0.39 is 0 Å². The number of nitrogens with two attached hydrogens (primary N) is 2. The van der Waals surface area contributed by atoms with E-state index in [2.05, 4.69) is 21.2 Å². The predicted octanol–water partition coefficient (Wildman–Crippen LogP) is 2.26. The van der Waals surface area contributed by atoms with Crippen LogP contribution in [0.5, 0.6) is 0 Å². The molecule has 5 nitrogen and oxygen atoms in total.